The first-order valence-electron chi connectivity index (χ1n) is 7.25. The third-order valence-electron chi connectivity index (χ3n) is 4.09. The Morgan fingerprint density at radius 1 is 1.43 bits per heavy atom. The van der Waals surface area contributed by atoms with Crippen LogP contribution < -0.4 is 0 Å². The van der Waals surface area contributed by atoms with Crippen molar-refractivity contribution in [2.24, 2.45) is 5.92 Å². The summed E-state index contributed by atoms with van der Waals surface area (Å²) in [6, 6.07) is 4.63. The summed E-state index contributed by atoms with van der Waals surface area (Å²) in [5.41, 5.74) is 0.920. The molecule has 1 saturated heterocycles. The lowest BCUT2D eigenvalue weighted by molar-refractivity contribution is -0.384. The van der Waals surface area contributed by atoms with Crippen LogP contribution >= 0.6 is 11.6 Å². The topological polar surface area (TPSA) is 49.6 Å². The first kappa shape index (κ1) is 16.2. The number of likely N-dealkylation sites (tertiary alicyclic amines) is 1. The van der Waals surface area contributed by atoms with Crippen molar-refractivity contribution in [3.05, 3.63) is 38.9 Å². The smallest absolute Gasteiger partial charge is 0.269 e. The van der Waals surface area contributed by atoms with Gasteiger partial charge in [-0.15, -0.1) is 0 Å². The molecule has 0 N–H and O–H groups in total. The molecule has 1 heterocycles. The number of nitro groups is 1. The summed E-state index contributed by atoms with van der Waals surface area (Å²) in [4.78, 5) is 15.0. The highest BCUT2D eigenvalue weighted by atomic mass is 35.5. The van der Waals surface area contributed by atoms with E-state index < -0.39 is 0 Å². The molecular weight excluding hydrogens is 290 g/mol. The van der Waals surface area contributed by atoms with E-state index in [0.29, 0.717) is 17.5 Å². The van der Waals surface area contributed by atoms with E-state index >= 15 is 0 Å². The zero-order chi connectivity index (χ0) is 15.4. The Hall–Kier alpha value is -1.17. The summed E-state index contributed by atoms with van der Waals surface area (Å²) >= 11 is 6.15. The number of piperidine rings is 1. The fourth-order valence-corrected chi connectivity index (χ4v) is 3.01. The molecule has 1 aliphatic rings. The minimum Gasteiger partial charge on any atom is -0.306 e. The molecule has 21 heavy (non-hydrogen) atoms. The molecule has 0 radical (unpaired) electrons. The monoisotopic (exact) mass is 311 g/mol. The van der Waals surface area contributed by atoms with Gasteiger partial charge in [-0.05, 0) is 57.6 Å². The average molecular weight is 312 g/mol. The van der Waals surface area contributed by atoms with Crippen molar-refractivity contribution < 1.29 is 4.92 Å². The first-order valence-corrected chi connectivity index (χ1v) is 7.63. The number of non-ortho nitro benzene ring substituents is 1. The first-order chi connectivity index (χ1) is 9.95. The molecule has 5 nitrogen and oxygen atoms in total. The summed E-state index contributed by atoms with van der Waals surface area (Å²) in [6.45, 7) is 3.95. The zero-order valence-corrected chi connectivity index (χ0v) is 13.3. The van der Waals surface area contributed by atoms with Crippen molar-refractivity contribution >= 4 is 17.3 Å². The Balaban J connectivity index is 1.94. The van der Waals surface area contributed by atoms with Crippen LogP contribution in [-0.2, 0) is 6.54 Å². The Morgan fingerprint density at radius 2 is 2.10 bits per heavy atom. The van der Waals surface area contributed by atoms with E-state index in [1.54, 1.807) is 12.1 Å². The Morgan fingerprint density at radius 3 is 2.71 bits per heavy atom. The summed E-state index contributed by atoms with van der Waals surface area (Å²) in [5.74, 6) is 0.698. The highest BCUT2D eigenvalue weighted by Gasteiger charge is 2.19. The van der Waals surface area contributed by atoms with E-state index in [9.17, 15) is 10.1 Å². The highest BCUT2D eigenvalue weighted by Crippen LogP contribution is 2.24. The van der Waals surface area contributed by atoms with E-state index in [4.69, 9.17) is 11.6 Å². The molecule has 0 unspecified atom stereocenters. The molecule has 0 bridgehead atoms. The molecule has 0 spiro atoms. The van der Waals surface area contributed by atoms with Gasteiger partial charge in [-0.1, -0.05) is 11.6 Å². The SMILES string of the molecule is CN1CCC(CN(C)Cc2cc([N+](=O)[O-])ccc2Cl)CC1. The molecule has 1 aliphatic heterocycles. The third-order valence-corrected chi connectivity index (χ3v) is 4.46. The average Bonchev–Trinajstić information content (AvgIpc) is 2.43. The second-order valence-electron chi connectivity index (χ2n) is 5.98. The lowest BCUT2D eigenvalue weighted by Crippen LogP contribution is -2.35. The second kappa shape index (κ2) is 7.20. The van der Waals surface area contributed by atoms with Crippen LogP contribution in [0.5, 0.6) is 0 Å². The number of hydrogen-bond acceptors (Lipinski definition) is 4. The fourth-order valence-electron chi connectivity index (χ4n) is 2.84. The van der Waals surface area contributed by atoms with Gasteiger partial charge in [-0.2, -0.15) is 0 Å². The van der Waals surface area contributed by atoms with E-state index in [-0.39, 0.29) is 10.6 Å². The molecular formula is C15H22ClN3O2. The number of hydrogen-bond donors (Lipinski definition) is 0. The molecule has 0 saturated carbocycles. The number of nitro benzene ring substituents is 1. The zero-order valence-electron chi connectivity index (χ0n) is 12.6. The van der Waals surface area contributed by atoms with Gasteiger partial charge in [-0.25, -0.2) is 0 Å². The minimum absolute atomic E-state index is 0.0992. The molecule has 0 aromatic heterocycles. The summed E-state index contributed by atoms with van der Waals surface area (Å²) in [5, 5.41) is 11.4. The van der Waals surface area contributed by atoms with E-state index in [1.165, 1.54) is 18.9 Å². The van der Waals surface area contributed by atoms with Crippen LogP contribution in [0.3, 0.4) is 0 Å². The molecule has 6 heteroatoms. The summed E-state index contributed by atoms with van der Waals surface area (Å²) in [7, 11) is 4.20. The summed E-state index contributed by atoms with van der Waals surface area (Å²) < 4.78 is 0. The fraction of sp³-hybridized carbons (Fsp3) is 0.600. The van der Waals surface area contributed by atoms with Gasteiger partial charge in [0.05, 0.1) is 4.92 Å². The van der Waals surface area contributed by atoms with Crippen LogP contribution in [-0.4, -0.2) is 48.5 Å². The lowest BCUT2D eigenvalue weighted by Gasteiger charge is -2.31. The third kappa shape index (κ3) is 4.66. The van der Waals surface area contributed by atoms with Crippen molar-refractivity contribution in [3.63, 3.8) is 0 Å². The van der Waals surface area contributed by atoms with Crippen LogP contribution in [0.15, 0.2) is 18.2 Å². The van der Waals surface area contributed by atoms with Crippen LogP contribution in [0.4, 0.5) is 5.69 Å². The van der Waals surface area contributed by atoms with Gasteiger partial charge < -0.3 is 9.80 Å². The van der Waals surface area contributed by atoms with E-state index in [0.717, 1.165) is 25.2 Å². The lowest BCUT2D eigenvalue weighted by atomic mass is 9.96. The Kier molecular flexibility index (Phi) is 5.56. The van der Waals surface area contributed by atoms with Crippen LogP contribution in [0.1, 0.15) is 18.4 Å². The van der Waals surface area contributed by atoms with E-state index in [1.807, 2.05) is 7.05 Å². The van der Waals surface area contributed by atoms with Gasteiger partial charge in [0.2, 0.25) is 0 Å². The van der Waals surface area contributed by atoms with Crippen molar-refractivity contribution in [2.75, 3.05) is 33.7 Å². The molecule has 1 fully saturated rings. The predicted molar refractivity (Wildman–Crippen MR) is 84.7 cm³/mol. The normalized spacial score (nSPS) is 17.3. The van der Waals surface area contributed by atoms with Crippen LogP contribution in [0, 0.1) is 16.0 Å². The second-order valence-corrected chi connectivity index (χ2v) is 6.38. The Labute approximate surface area is 130 Å². The van der Waals surface area contributed by atoms with Crippen molar-refractivity contribution in [1.82, 2.24) is 9.80 Å². The van der Waals surface area contributed by atoms with Crippen molar-refractivity contribution in [1.29, 1.82) is 0 Å². The summed E-state index contributed by atoms with van der Waals surface area (Å²) in [6.07, 6.45) is 2.42. The largest absolute Gasteiger partial charge is 0.306 e. The molecule has 1 aromatic carbocycles. The molecule has 0 atom stereocenters. The predicted octanol–water partition coefficient (Wildman–Crippen LogP) is 3.02. The number of benzene rings is 1. The van der Waals surface area contributed by atoms with Gasteiger partial charge in [0.25, 0.3) is 5.69 Å². The van der Waals surface area contributed by atoms with Crippen LogP contribution in [0.25, 0.3) is 0 Å². The van der Waals surface area contributed by atoms with Gasteiger partial charge in [-0.3, -0.25) is 10.1 Å². The molecule has 1 aromatic rings. The number of nitrogens with zero attached hydrogens (tertiary/aromatic N) is 3. The Bertz CT molecular complexity index is 502. The molecule has 2 rings (SSSR count). The standard InChI is InChI=1S/C15H22ClN3O2/c1-17-7-5-12(6-8-17)10-18(2)11-13-9-14(19(20)21)3-4-15(13)16/h3-4,9,12H,5-8,10-11H2,1-2H3. The minimum atomic E-state index is -0.378. The van der Waals surface area contributed by atoms with Gasteiger partial charge in [0, 0.05) is 30.2 Å². The number of halogens is 1. The van der Waals surface area contributed by atoms with Crippen molar-refractivity contribution in [2.45, 2.75) is 19.4 Å². The number of rotatable bonds is 5. The van der Waals surface area contributed by atoms with E-state index in [2.05, 4.69) is 16.8 Å². The molecule has 0 amide bonds. The quantitative estimate of drug-likeness (QED) is 0.619. The highest BCUT2D eigenvalue weighted by molar-refractivity contribution is 6.31. The van der Waals surface area contributed by atoms with Crippen molar-refractivity contribution in [3.8, 4) is 0 Å². The maximum Gasteiger partial charge on any atom is 0.269 e. The van der Waals surface area contributed by atoms with Crippen LogP contribution in [0.2, 0.25) is 5.02 Å². The molecule has 0 aliphatic carbocycles. The van der Waals surface area contributed by atoms with Gasteiger partial charge >= 0.3 is 0 Å². The maximum atomic E-state index is 10.8. The maximum absolute atomic E-state index is 10.8. The van der Waals surface area contributed by atoms with Gasteiger partial charge in [0.1, 0.15) is 0 Å². The van der Waals surface area contributed by atoms with Gasteiger partial charge in [0.15, 0.2) is 0 Å². The molecule has 116 valence electrons.